The number of oxime groups is 1. The minimum absolute atomic E-state index is 0.0454. The number of thiazole rings is 1. The third-order valence-electron chi connectivity index (χ3n) is 5.71. The van der Waals surface area contributed by atoms with Gasteiger partial charge in [-0.2, -0.15) is 5.10 Å². The molecular weight excluding hydrogens is 618 g/mol. The van der Waals surface area contributed by atoms with Crippen LogP contribution in [0.25, 0.3) is 4.91 Å². The number of aromatic amines is 1. The van der Waals surface area contributed by atoms with Crippen molar-refractivity contribution in [3.63, 3.8) is 0 Å². The van der Waals surface area contributed by atoms with Crippen LogP contribution in [-0.4, -0.2) is 90.2 Å². The number of carboxylic acid groups (broad SMARTS) is 1. The van der Waals surface area contributed by atoms with E-state index >= 15 is 0 Å². The number of hydrogen-bond acceptors (Lipinski definition) is 15. The fourth-order valence-corrected chi connectivity index (χ4v) is 6.14. The zero-order valence-corrected chi connectivity index (χ0v) is 23.8. The molecule has 4 rings (SSSR count). The van der Waals surface area contributed by atoms with E-state index in [4.69, 9.17) is 16.3 Å². The first-order valence-corrected chi connectivity index (χ1v) is 13.9. The second-order valence-electron chi connectivity index (χ2n) is 8.26. The maximum Gasteiger partial charge on any atom is 0.404 e. The van der Waals surface area contributed by atoms with Gasteiger partial charge in [0.15, 0.2) is 16.7 Å². The number of carbonyl (C=O) groups is 4. The summed E-state index contributed by atoms with van der Waals surface area (Å²) in [4.78, 5) is 83.1. The highest BCUT2D eigenvalue weighted by Crippen LogP contribution is 2.41. The molecule has 2 aromatic heterocycles. The SMILES string of the molecule is CON=C(C(=O)NC1C(=O)N2C(C(=O)O)=C(C=C(S)c3n[nH]c(=O)c(=O)n3CCOC(N)=O)CSC12)c1csc(N)n1. The Hall–Kier alpha value is -4.63. The summed E-state index contributed by atoms with van der Waals surface area (Å²) >= 11 is 6.56. The lowest BCUT2D eigenvalue weighted by Crippen LogP contribution is -2.71. The third-order valence-corrected chi connectivity index (χ3v) is 8.01. The van der Waals surface area contributed by atoms with Gasteiger partial charge in [-0.1, -0.05) is 5.16 Å². The van der Waals surface area contributed by atoms with Crippen molar-refractivity contribution in [2.75, 3.05) is 25.2 Å². The Morgan fingerprint density at radius 1 is 1.36 bits per heavy atom. The number of thiol groups is 1. The summed E-state index contributed by atoms with van der Waals surface area (Å²) in [6.45, 7) is -0.668. The first kappa shape index (κ1) is 30.3. The number of anilines is 1. The molecule has 7 N–H and O–H groups in total. The predicted octanol–water partition coefficient (Wildman–Crippen LogP) is -1.87. The number of nitrogens with one attached hydrogen (secondary N) is 2. The van der Waals surface area contributed by atoms with Crippen LogP contribution in [0.5, 0.6) is 0 Å². The number of nitrogens with two attached hydrogens (primary N) is 2. The van der Waals surface area contributed by atoms with Crippen LogP contribution < -0.4 is 27.9 Å². The first-order valence-electron chi connectivity index (χ1n) is 11.5. The van der Waals surface area contributed by atoms with Crippen molar-refractivity contribution in [1.82, 2.24) is 30.0 Å². The maximum absolute atomic E-state index is 13.1. The number of nitrogen functional groups attached to an aromatic ring is 1. The van der Waals surface area contributed by atoms with Crippen molar-refractivity contribution >= 4 is 75.4 Å². The van der Waals surface area contributed by atoms with Crippen LogP contribution in [0.4, 0.5) is 9.93 Å². The van der Waals surface area contributed by atoms with Gasteiger partial charge in [0.2, 0.25) is 0 Å². The topological polar surface area (TPSA) is 267 Å². The Morgan fingerprint density at radius 3 is 2.71 bits per heavy atom. The molecule has 0 aliphatic carbocycles. The summed E-state index contributed by atoms with van der Waals surface area (Å²) in [5.74, 6) is -3.05. The van der Waals surface area contributed by atoms with Gasteiger partial charge in [0.05, 0.1) is 6.54 Å². The molecule has 18 nitrogen and oxygen atoms in total. The normalized spacial score (nSPS) is 18.7. The number of primary amides is 1. The quantitative estimate of drug-likeness (QED) is 0.0547. The van der Waals surface area contributed by atoms with E-state index < -0.39 is 46.4 Å². The van der Waals surface area contributed by atoms with Gasteiger partial charge in [-0.15, -0.1) is 35.7 Å². The van der Waals surface area contributed by atoms with Crippen molar-refractivity contribution in [2.45, 2.75) is 18.0 Å². The number of amides is 3. The number of nitrogens with zero attached hydrogens (tertiary/aromatic N) is 5. The van der Waals surface area contributed by atoms with Gasteiger partial charge in [-0.25, -0.2) is 19.7 Å². The van der Waals surface area contributed by atoms with Crippen molar-refractivity contribution in [3.8, 4) is 0 Å². The van der Waals surface area contributed by atoms with E-state index in [9.17, 15) is 33.9 Å². The molecule has 42 heavy (non-hydrogen) atoms. The molecule has 222 valence electrons. The molecule has 4 heterocycles. The fraction of sp³-hybridized carbons (Fsp3) is 0.286. The number of fused-ring (bicyclic) bond motifs is 1. The summed E-state index contributed by atoms with van der Waals surface area (Å²) in [6.07, 6.45) is 0.175. The summed E-state index contributed by atoms with van der Waals surface area (Å²) < 4.78 is 5.49. The molecule has 2 atom stereocenters. The van der Waals surface area contributed by atoms with Gasteiger partial charge in [0.25, 0.3) is 11.8 Å². The molecule has 0 saturated carbocycles. The number of hydrogen-bond donors (Lipinski definition) is 6. The van der Waals surface area contributed by atoms with E-state index in [1.807, 2.05) is 5.10 Å². The predicted molar refractivity (Wildman–Crippen MR) is 151 cm³/mol. The van der Waals surface area contributed by atoms with Crippen molar-refractivity contribution in [2.24, 2.45) is 10.9 Å². The number of H-pyrrole nitrogens is 1. The second kappa shape index (κ2) is 12.5. The lowest BCUT2D eigenvalue weighted by atomic mass is 10.0. The Morgan fingerprint density at radius 2 is 2.10 bits per heavy atom. The zero-order valence-electron chi connectivity index (χ0n) is 21.3. The van der Waals surface area contributed by atoms with Crippen molar-refractivity contribution in [3.05, 3.63) is 55.0 Å². The highest BCUT2D eigenvalue weighted by atomic mass is 32.2. The van der Waals surface area contributed by atoms with Crippen LogP contribution in [0.1, 0.15) is 11.5 Å². The Balaban J connectivity index is 1.60. The first-order chi connectivity index (χ1) is 19.9. The number of ether oxygens (including phenoxy) is 1. The summed E-state index contributed by atoms with van der Waals surface area (Å²) in [5.41, 5.74) is 8.12. The lowest BCUT2D eigenvalue weighted by molar-refractivity contribution is -0.150. The average molecular weight is 640 g/mol. The smallest absolute Gasteiger partial charge is 0.404 e. The van der Waals surface area contributed by atoms with Gasteiger partial charge in [0, 0.05) is 16.0 Å². The molecule has 0 radical (unpaired) electrons. The van der Waals surface area contributed by atoms with Crippen LogP contribution in [0.3, 0.4) is 0 Å². The molecular formula is C21H21N9O9S3. The average Bonchev–Trinajstić information content (AvgIpc) is 3.37. The number of aromatic nitrogens is 4. The molecule has 1 fully saturated rings. The molecule has 2 aliphatic rings. The van der Waals surface area contributed by atoms with E-state index in [1.54, 1.807) is 0 Å². The molecule has 0 aromatic carbocycles. The number of rotatable bonds is 10. The molecule has 0 spiro atoms. The van der Waals surface area contributed by atoms with Crippen LogP contribution in [0.15, 0.2) is 37.5 Å². The molecule has 1 saturated heterocycles. The Bertz CT molecular complexity index is 1680. The molecule has 3 amide bonds. The van der Waals surface area contributed by atoms with E-state index in [-0.39, 0.29) is 57.4 Å². The number of aliphatic carboxylic acids is 1. The number of carbonyl (C=O) groups excluding carboxylic acids is 3. The minimum Gasteiger partial charge on any atom is -0.477 e. The molecule has 0 bridgehead atoms. The van der Waals surface area contributed by atoms with Gasteiger partial charge in [-0.3, -0.25) is 28.6 Å². The van der Waals surface area contributed by atoms with Crippen LogP contribution in [0, 0.1) is 0 Å². The Labute approximate surface area is 247 Å². The fourth-order valence-electron chi connectivity index (χ4n) is 3.96. The number of carboxylic acids is 1. The third kappa shape index (κ3) is 6.01. The van der Waals surface area contributed by atoms with E-state index in [0.717, 1.165) is 32.6 Å². The number of β-lactam (4-membered cyclic amide) rings is 1. The van der Waals surface area contributed by atoms with Gasteiger partial charge in [0.1, 0.15) is 36.5 Å². The van der Waals surface area contributed by atoms with Gasteiger partial charge < -0.3 is 31.5 Å². The van der Waals surface area contributed by atoms with Crippen LogP contribution in [-0.2, 0) is 30.5 Å². The molecule has 21 heteroatoms. The highest BCUT2D eigenvalue weighted by Gasteiger charge is 2.54. The van der Waals surface area contributed by atoms with E-state index in [0.29, 0.717) is 0 Å². The van der Waals surface area contributed by atoms with E-state index in [2.05, 4.69) is 37.9 Å². The maximum atomic E-state index is 13.1. The highest BCUT2D eigenvalue weighted by molar-refractivity contribution is 8.00. The summed E-state index contributed by atoms with van der Waals surface area (Å²) in [7, 11) is 1.22. The molecule has 2 unspecified atom stereocenters. The second-order valence-corrected chi connectivity index (χ2v) is 10.7. The van der Waals surface area contributed by atoms with Gasteiger partial charge >= 0.3 is 23.2 Å². The van der Waals surface area contributed by atoms with Gasteiger partial charge in [-0.05, 0) is 11.6 Å². The van der Waals surface area contributed by atoms with Crippen molar-refractivity contribution < 1.29 is 33.9 Å². The molecule has 2 aromatic rings. The summed E-state index contributed by atoms with van der Waals surface area (Å²) in [5, 5.41) is 22.9. The lowest BCUT2D eigenvalue weighted by Gasteiger charge is -2.49. The molecule has 2 aliphatic heterocycles. The number of thioether (sulfide) groups is 1. The monoisotopic (exact) mass is 639 g/mol. The number of allylic oxidation sites excluding steroid dienone is 1. The van der Waals surface area contributed by atoms with Crippen molar-refractivity contribution in [1.29, 1.82) is 0 Å². The van der Waals surface area contributed by atoms with E-state index in [1.165, 1.54) is 18.6 Å². The zero-order chi connectivity index (χ0) is 30.7. The minimum atomic E-state index is -1.44. The summed E-state index contributed by atoms with van der Waals surface area (Å²) in [6, 6.07) is -1.09. The largest absolute Gasteiger partial charge is 0.477 e. The Kier molecular flexibility index (Phi) is 9.02. The van der Waals surface area contributed by atoms with Crippen LogP contribution >= 0.6 is 35.7 Å². The van der Waals surface area contributed by atoms with Crippen LogP contribution in [0.2, 0.25) is 0 Å². The standard InChI is InChI=1S/C21H21N9O9S3/c1-38-28-10(8-6-42-20(22)24-8)14(31)25-11-16(33)30-12(19(35)36)7(5-41-18(11)30)4-9(40)13-26-27-15(32)17(34)29(13)2-3-39-21(23)37/h4,6,11,18,40H,2-3,5H2,1H3,(H2,22,24)(H2,23,37)(H,25,31)(H,27,32)(H,35,36).